The van der Waals surface area contributed by atoms with E-state index in [-0.39, 0.29) is 5.91 Å². The molecule has 0 radical (unpaired) electrons. The molecule has 1 amide bonds. The van der Waals surface area contributed by atoms with Crippen LogP contribution in [0.4, 0.5) is 5.69 Å². The number of nitrogens with zero attached hydrogens (tertiary/aromatic N) is 1. The van der Waals surface area contributed by atoms with Crippen LogP contribution in [0.1, 0.15) is 17.4 Å². The lowest BCUT2D eigenvalue weighted by atomic mass is 10.3. The molecule has 2 rings (SSSR count). The fourth-order valence-corrected chi connectivity index (χ4v) is 2.14. The van der Waals surface area contributed by atoms with Crippen molar-refractivity contribution in [1.82, 2.24) is 4.57 Å². The maximum atomic E-state index is 12.1. The average molecular weight is 328 g/mol. The number of amides is 1. The molecule has 0 unspecified atom stereocenters. The van der Waals surface area contributed by atoms with Crippen molar-refractivity contribution in [3.8, 4) is 0 Å². The molecular formula is C13H12BrClN2O. The number of aromatic nitrogens is 1. The molecule has 0 saturated heterocycles. The molecule has 1 aromatic heterocycles. The van der Waals surface area contributed by atoms with Crippen molar-refractivity contribution in [3.05, 3.63) is 51.7 Å². The molecule has 5 heteroatoms. The van der Waals surface area contributed by atoms with E-state index in [1.54, 1.807) is 12.3 Å². The molecule has 1 N–H and O–H groups in total. The molecule has 0 saturated carbocycles. The number of aryl methyl sites for hydroxylation is 1. The molecule has 0 fully saturated rings. The van der Waals surface area contributed by atoms with Crippen LogP contribution in [0.3, 0.4) is 0 Å². The Hall–Kier alpha value is -1.26. The van der Waals surface area contributed by atoms with Gasteiger partial charge >= 0.3 is 0 Å². The third-order valence-corrected chi connectivity index (χ3v) is 3.27. The molecule has 94 valence electrons. The van der Waals surface area contributed by atoms with E-state index in [1.165, 1.54) is 0 Å². The molecule has 18 heavy (non-hydrogen) atoms. The summed E-state index contributed by atoms with van der Waals surface area (Å²) in [6.07, 6.45) is 1.75. The minimum Gasteiger partial charge on any atom is -0.342 e. The Labute approximate surface area is 119 Å². The van der Waals surface area contributed by atoms with Crippen molar-refractivity contribution < 1.29 is 4.79 Å². The molecule has 1 aromatic carbocycles. The fourth-order valence-electron chi connectivity index (χ4n) is 1.66. The SMILES string of the molecule is CCn1cc(Cl)cc1C(=O)Nc1ccc(Br)cc1. The summed E-state index contributed by atoms with van der Waals surface area (Å²) in [5.41, 5.74) is 1.31. The summed E-state index contributed by atoms with van der Waals surface area (Å²) < 4.78 is 2.79. The normalized spacial score (nSPS) is 10.4. The van der Waals surface area contributed by atoms with Gasteiger partial charge in [0.15, 0.2) is 0 Å². The van der Waals surface area contributed by atoms with Gasteiger partial charge in [0.2, 0.25) is 0 Å². The zero-order chi connectivity index (χ0) is 13.1. The molecule has 2 aromatic rings. The van der Waals surface area contributed by atoms with Gasteiger partial charge in [0, 0.05) is 22.9 Å². The zero-order valence-electron chi connectivity index (χ0n) is 9.78. The predicted octanol–water partition coefficient (Wildman–Crippen LogP) is 4.18. The van der Waals surface area contributed by atoms with Crippen LogP contribution in [-0.4, -0.2) is 10.5 Å². The van der Waals surface area contributed by atoms with Gasteiger partial charge < -0.3 is 9.88 Å². The van der Waals surface area contributed by atoms with E-state index in [9.17, 15) is 4.79 Å². The number of halogens is 2. The van der Waals surface area contributed by atoms with E-state index in [4.69, 9.17) is 11.6 Å². The molecule has 0 bridgehead atoms. The Bertz CT molecular complexity index is 563. The quantitative estimate of drug-likeness (QED) is 0.901. The summed E-state index contributed by atoms with van der Waals surface area (Å²) in [6.45, 7) is 2.67. The third kappa shape index (κ3) is 2.94. The van der Waals surface area contributed by atoms with E-state index < -0.39 is 0 Å². The number of carbonyl (C=O) groups excluding carboxylic acids is 1. The summed E-state index contributed by atoms with van der Waals surface area (Å²) in [4.78, 5) is 12.1. The summed E-state index contributed by atoms with van der Waals surface area (Å²) in [5, 5.41) is 3.40. The van der Waals surface area contributed by atoms with E-state index in [2.05, 4.69) is 21.2 Å². The molecule has 0 aliphatic heterocycles. The number of hydrogen-bond acceptors (Lipinski definition) is 1. The predicted molar refractivity (Wildman–Crippen MR) is 77.2 cm³/mol. The first-order valence-corrected chi connectivity index (χ1v) is 6.70. The first-order valence-electron chi connectivity index (χ1n) is 5.52. The Morgan fingerprint density at radius 3 is 2.67 bits per heavy atom. The lowest BCUT2D eigenvalue weighted by Gasteiger charge is -2.07. The minimum atomic E-state index is -0.161. The van der Waals surface area contributed by atoms with E-state index in [0.717, 1.165) is 10.2 Å². The van der Waals surface area contributed by atoms with E-state index in [1.807, 2.05) is 35.8 Å². The number of nitrogens with one attached hydrogen (secondary N) is 1. The van der Waals surface area contributed by atoms with Crippen LogP contribution in [0.5, 0.6) is 0 Å². The Kier molecular flexibility index (Phi) is 4.09. The Balaban J connectivity index is 2.19. The van der Waals surface area contributed by atoms with Crippen LogP contribution in [0.25, 0.3) is 0 Å². The van der Waals surface area contributed by atoms with E-state index in [0.29, 0.717) is 17.3 Å². The molecule has 3 nitrogen and oxygen atoms in total. The lowest BCUT2D eigenvalue weighted by Crippen LogP contribution is -2.16. The van der Waals surface area contributed by atoms with Gasteiger partial charge in [0.1, 0.15) is 5.69 Å². The number of carbonyl (C=O) groups is 1. The van der Waals surface area contributed by atoms with E-state index >= 15 is 0 Å². The Morgan fingerprint density at radius 1 is 1.39 bits per heavy atom. The third-order valence-electron chi connectivity index (χ3n) is 2.54. The second kappa shape index (κ2) is 5.59. The van der Waals surface area contributed by atoms with Gasteiger partial charge in [-0.05, 0) is 37.3 Å². The highest BCUT2D eigenvalue weighted by molar-refractivity contribution is 9.10. The maximum Gasteiger partial charge on any atom is 0.272 e. The first-order chi connectivity index (χ1) is 8.60. The molecule has 0 aliphatic rings. The van der Waals surface area contributed by atoms with Crippen LogP contribution in [-0.2, 0) is 6.54 Å². The van der Waals surface area contributed by atoms with Crippen LogP contribution in [0.15, 0.2) is 41.0 Å². The van der Waals surface area contributed by atoms with Crippen molar-refractivity contribution in [2.24, 2.45) is 0 Å². The highest BCUT2D eigenvalue weighted by Crippen LogP contribution is 2.18. The topological polar surface area (TPSA) is 34.0 Å². The van der Waals surface area contributed by atoms with Gasteiger partial charge in [-0.2, -0.15) is 0 Å². The van der Waals surface area contributed by atoms with Crippen molar-refractivity contribution in [3.63, 3.8) is 0 Å². The van der Waals surface area contributed by atoms with Crippen molar-refractivity contribution in [2.75, 3.05) is 5.32 Å². The second-order valence-electron chi connectivity index (χ2n) is 3.79. The van der Waals surface area contributed by atoms with Crippen molar-refractivity contribution in [2.45, 2.75) is 13.5 Å². The second-order valence-corrected chi connectivity index (χ2v) is 5.14. The van der Waals surface area contributed by atoms with Crippen LogP contribution in [0.2, 0.25) is 5.02 Å². The molecule has 0 spiro atoms. The van der Waals surface area contributed by atoms with Gasteiger partial charge in [-0.15, -0.1) is 0 Å². The number of benzene rings is 1. The summed E-state index contributed by atoms with van der Waals surface area (Å²) >= 11 is 9.25. The number of hydrogen-bond donors (Lipinski definition) is 1. The molecule has 0 aliphatic carbocycles. The highest BCUT2D eigenvalue weighted by Gasteiger charge is 2.12. The van der Waals surface area contributed by atoms with Gasteiger partial charge in [0.25, 0.3) is 5.91 Å². The molecule has 1 heterocycles. The smallest absolute Gasteiger partial charge is 0.272 e. The fraction of sp³-hybridized carbons (Fsp3) is 0.154. The monoisotopic (exact) mass is 326 g/mol. The number of anilines is 1. The van der Waals surface area contributed by atoms with Crippen LogP contribution >= 0.6 is 27.5 Å². The van der Waals surface area contributed by atoms with Gasteiger partial charge in [-0.3, -0.25) is 4.79 Å². The summed E-state index contributed by atoms with van der Waals surface area (Å²) in [7, 11) is 0. The summed E-state index contributed by atoms with van der Waals surface area (Å²) in [6, 6.07) is 9.09. The van der Waals surface area contributed by atoms with Gasteiger partial charge in [-0.1, -0.05) is 27.5 Å². The average Bonchev–Trinajstić information content (AvgIpc) is 2.73. The van der Waals surface area contributed by atoms with Crippen LogP contribution in [0, 0.1) is 0 Å². The largest absolute Gasteiger partial charge is 0.342 e. The summed E-state index contributed by atoms with van der Waals surface area (Å²) in [5.74, 6) is -0.161. The first kappa shape index (κ1) is 13.2. The highest BCUT2D eigenvalue weighted by atomic mass is 79.9. The zero-order valence-corrected chi connectivity index (χ0v) is 12.1. The van der Waals surface area contributed by atoms with Crippen LogP contribution < -0.4 is 5.32 Å². The lowest BCUT2D eigenvalue weighted by molar-refractivity contribution is 0.101. The number of rotatable bonds is 3. The maximum absolute atomic E-state index is 12.1. The standard InChI is InChI=1S/C13H12BrClN2O/c1-2-17-8-10(15)7-12(17)13(18)16-11-5-3-9(14)4-6-11/h3-8H,2H2,1H3,(H,16,18). The minimum absolute atomic E-state index is 0.161. The van der Waals surface area contributed by atoms with Gasteiger partial charge in [-0.25, -0.2) is 0 Å². The molecule has 0 atom stereocenters. The van der Waals surface area contributed by atoms with Crippen molar-refractivity contribution >= 4 is 39.1 Å². The van der Waals surface area contributed by atoms with Gasteiger partial charge in [0.05, 0.1) is 5.02 Å². The Morgan fingerprint density at radius 2 is 2.06 bits per heavy atom. The van der Waals surface area contributed by atoms with Crippen molar-refractivity contribution in [1.29, 1.82) is 0 Å². The molecular weight excluding hydrogens is 316 g/mol.